The van der Waals surface area contributed by atoms with Gasteiger partial charge in [0.05, 0.1) is 5.69 Å². The van der Waals surface area contributed by atoms with E-state index in [1.165, 1.54) is 23.1 Å². The molecule has 1 unspecified atom stereocenters. The van der Waals surface area contributed by atoms with Gasteiger partial charge in [0.25, 0.3) is 11.8 Å². The van der Waals surface area contributed by atoms with E-state index in [9.17, 15) is 14.4 Å². The predicted molar refractivity (Wildman–Crippen MR) is 188 cm³/mol. The van der Waals surface area contributed by atoms with Crippen molar-refractivity contribution < 1.29 is 14.4 Å². The topological polar surface area (TPSA) is 103 Å². The summed E-state index contributed by atoms with van der Waals surface area (Å²) in [6.45, 7) is 1.88. The predicted octanol–water partition coefficient (Wildman–Crippen LogP) is 7.40. The average Bonchev–Trinajstić information content (AvgIpc) is 3.48. The molecule has 0 spiro atoms. The maximum absolute atomic E-state index is 13.5. The van der Waals surface area contributed by atoms with Crippen molar-refractivity contribution >= 4 is 63.4 Å². The number of thioether (sulfide) groups is 1. The van der Waals surface area contributed by atoms with Crippen LogP contribution in [-0.4, -0.2) is 36.8 Å². The fraction of sp³-hybridized carbons (Fsp3) is 0.111. The van der Waals surface area contributed by atoms with Gasteiger partial charge in [-0.25, -0.2) is 4.98 Å². The summed E-state index contributed by atoms with van der Waals surface area (Å²) in [6, 6.07) is 33.2. The second-order valence-corrected chi connectivity index (χ2v) is 12.6. The van der Waals surface area contributed by atoms with Crippen molar-refractivity contribution in [2.24, 2.45) is 0 Å². The molecule has 4 aromatic carbocycles. The molecule has 46 heavy (non-hydrogen) atoms. The molecule has 3 amide bonds. The Labute approximate surface area is 276 Å². The Bertz CT molecular complexity index is 1820. The molecule has 10 heteroatoms. The molecule has 1 atom stereocenters. The van der Waals surface area contributed by atoms with Gasteiger partial charge in [0.1, 0.15) is 10.9 Å². The van der Waals surface area contributed by atoms with Crippen molar-refractivity contribution in [1.82, 2.24) is 10.3 Å². The van der Waals surface area contributed by atoms with Crippen LogP contribution in [0.15, 0.2) is 125 Å². The van der Waals surface area contributed by atoms with E-state index in [0.29, 0.717) is 16.4 Å². The minimum absolute atomic E-state index is 0.100. The van der Waals surface area contributed by atoms with Crippen LogP contribution in [-0.2, 0) is 9.59 Å². The summed E-state index contributed by atoms with van der Waals surface area (Å²) in [7, 11) is 3.90. The van der Waals surface area contributed by atoms with Crippen molar-refractivity contribution in [2.75, 3.05) is 29.6 Å². The molecule has 232 valence electrons. The number of benzene rings is 4. The summed E-state index contributed by atoms with van der Waals surface area (Å²) in [5.74, 6) is -1.04. The summed E-state index contributed by atoms with van der Waals surface area (Å²) in [5, 5.41) is 10.5. The van der Waals surface area contributed by atoms with Crippen LogP contribution in [0, 0.1) is 6.92 Å². The average molecular weight is 648 g/mol. The number of carbonyl (C=O) groups is 3. The first-order chi connectivity index (χ1) is 22.2. The lowest BCUT2D eigenvalue weighted by Crippen LogP contribution is -2.30. The molecule has 0 saturated heterocycles. The molecule has 5 aromatic rings. The summed E-state index contributed by atoms with van der Waals surface area (Å²) in [5.41, 5.74) is 4.56. The number of hydrogen-bond donors (Lipinski definition) is 3. The first-order valence-corrected chi connectivity index (χ1v) is 16.2. The molecule has 1 heterocycles. The second-order valence-electron chi connectivity index (χ2n) is 10.5. The molecule has 1 aromatic heterocycles. The van der Waals surface area contributed by atoms with Gasteiger partial charge in [-0.2, -0.15) is 0 Å². The van der Waals surface area contributed by atoms with E-state index in [4.69, 9.17) is 0 Å². The molecule has 0 saturated carbocycles. The number of rotatable bonds is 11. The third-order valence-electron chi connectivity index (χ3n) is 6.81. The highest BCUT2D eigenvalue weighted by molar-refractivity contribution is 8.00. The number of nitrogens with one attached hydrogen (secondary N) is 3. The molecule has 0 fully saturated rings. The van der Waals surface area contributed by atoms with Gasteiger partial charge in [-0.05, 0) is 72.7 Å². The number of carbonyl (C=O) groups excluding carboxylic acids is 3. The van der Waals surface area contributed by atoms with Gasteiger partial charge < -0.3 is 20.9 Å². The highest BCUT2D eigenvalue weighted by Gasteiger charge is 2.23. The molecule has 0 aliphatic rings. The molecule has 5 rings (SSSR count). The quantitative estimate of drug-likeness (QED) is 0.102. The van der Waals surface area contributed by atoms with E-state index in [2.05, 4.69) is 20.9 Å². The highest BCUT2D eigenvalue weighted by atomic mass is 32.2. The Morgan fingerprint density at radius 1 is 0.826 bits per heavy atom. The van der Waals surface area contributed by atoms with Crippen molar-refractivity contribution in [3.63, 3.8) is 0 Å². The number of aryl methyl sites for hydroxylation is 1. The van der Waals surface area contributed by atoms with E-state index in [1.54, 1.807) is 42.5 Å². The van der Waals surface area contributed by atoms with Crippen LogP contribution in [0.3, 0.4) is 0 Å². The smallest absolute Gasteiger partial charge is 0.272 e. The third-order valence-corrected chi connectivity index (χ3v) is 8.95. The maximum Gasteiger partial charge on any atom is 0.272 e. The fourth-order valence-corrected chi connectivity index (χ4v) is 6.13. The summed E-state index contributed by atoms with van der Waals surface area (Å²) < 4.78 is 0. The van der Waals surface area contributed by atoms with E-state index in [1.807, 2.05) is 104 Å². The molecular formula is C36H33N5O3S2. The Morgan fingerprint density at radius 3 is 2.09 bits per heavy atom. The third kappa shape index (κ3) is 8.71. The number of hydrogen-bond acceptors (Lipinski definition) is 7. The van der Waals surface area contributed by atoms with E-state index < -0.39 is 17.1 Å². The Balaban J connectivity index is 1.33. The van der Waals surface area contributed by atoms with Crippen molar-refractivity contribution in [3.05, 3.63) is 143 Å². The molecule has 8 nitrogen and oxygen atoms in total. The van der Waals surface area contributed by atoms with Crippen molar-refractivity contribution in [2.45, 2.75) is 17.1 Å². The van der Waals surface area contributed by atoms with Crippen LogP contribution in [0.4, 0.5) is 16.5 Å². The fourth-order valence-electron chi connectivity index (χ4n) is 4.41. The van der Waals surface area contributed by atoms with Gasteiger partial charge in [-0.15, -0.1) is 23.1 Å². The van der Waals surface area contributed by atoms with Crippen LogP contribution in [0.2, 0.25) is 0 Å². The summed E-state index contributed by atoms with van der Waals surface area (Å²) in [4.78, 5) is 47.0. The number of nitrogens with zero attached hydrogens (tertiary/aromatic N) is 2. The van der Waals surface area contributed by atoms with Gasteiger partial charge in [0.15, 0.2) is 5.13 Å². The molecule has 0 aliphatic heterocycles. The number of aromatic nitrogens is 1. The highest BCUT2D eigenvalue weighted by Crippen LogP contribution is 2.37. The standard InChI is InChI=1S/C36H33N5O3S2/c1-24-23-45-36(37-24)40-35(44)32(26-10-6-4-7-11-26)46-30-20-16-28(17-21-30)38-34(43)31(39-33(42)27-12-8-5-9-13-27)22-25-14-18-29(19-15-25)41(2)3/h4-23,32H,1-3H3,(H,38,43)(H,39,42)(H,37,40,44)/b31-22-. The lowest BCUT2D eigenvalue weighted by atomic mass is 10.1. The molecule has 0 aliphatic carbocycles. The number of amides is 3. The Morgan fingerprint density at radius 2 is 1.48 bits per heavy atom. The first-order valence-electron chi connectivity index (χ1n) is 14.5. The van der Waals surface area contributed by atoms with Crippen LogP contribution in [0.1, 0.15) is 32.4 Å². The maximum atomic E-state index is 13.5. The van der Waals surface area contributed by atoms with E-state index in [0.717, 1.165) is 27.4 Å². The van der Waals surface area contributed by atoms with Crippen LogP contribution in [0.5, 0.6) is 0 Å². The second kappa shape index (κ2) is 15.2. The van der Waals surface area contributed by atoms with E-state index >= 15 is 0 Å². The largest absolute Gasteiger partial charge is 0.378 e. The Hall–Kier alpha value is -5.19. The Kier molecular flexibility index (Phi) is 10.6. The van der Waals surface area contributed by atoms with Gasteiger partial charge in [-0.3, -0.25) is 14.4 Å². The summed E-state index contributed by atoms with van der Waals surface area (Å²) >= 11 is 2.79. The number of thiazole rings is 1. The van der Waals surface area contributed by atoms with Gasteiger partial charge in [0.2, 0.25) is 5.91 Å². The molecule has 3 N–H and O–H groups in total. The monoisotopic (exact) mass is 647 g/mol. The van der Waals surface area contributed by atoms with E-state index in [-0.39, 0.29) is 11.6 Å². The lowest BCUT2D eigenvalue weighted by molar-refractivity contribution is -0.116. The van der Waals surface area contributed by atoms with Crippen molar-refractivity contribution in [1.29, 1.82) is 0 Å². The first kappa shape index (κ1) is 32.2. The minimum Gasteiger partial charge on any atom is -0.378 e. The van der Waals surface area contributed by atoms with Crippen LogP contribution >= 0.6 is 23.1 Å². The molecule has 0 bridgehead atoms. The van der Waals surface area contributed by atoms with Crippen LogP contribution in [0.25, 0.3) is 6.08 Å². The van der Waals surface area contributed by atoms with Gasteiger partial charge in [0, 0.05) is 41.3 Å². The van der Waals surface area contributed by atoms with Gasteiger partial charge >= 0.3 is 0 Å². The van der Waals surface area contributed by atoms with Gasteiger partial charge in [-0.1, -0.05) is 60.7 Å². The zero-order chi connectivity index (χ0) is 32.5. The zero-order valence-electron chi connectivity index (χ0n) is 25.6. The van der Waals surface area contributed by atoms with Crippen molar-refractivity contribution in [3.8, 4) is 0 Å². The number of anilines is 3. The minimum atomic E-state index is -0.521. The zero-order valence-corrected chi connectivity index (χ0v) is 27.2. The van der Waals surface area contributed by atoms with Crippen LogP contribution < -0.4 is 20.9 Å². The normalized spacial score (nSPS) is 11.8. The summed E-state index contributed by atoms with van der Waals surface area (Å²) in [6.07, 6.45) is 1.65. The SMILES string of the molecule is Cc1csc(NC(=O)C(Sc2ccc(NC(=O)/C(=C/c3ccc(N(C)C)cc3)NC(=O)c3ccccc3)cc2)c2ccccc2)n1. The molecular weight excluding hydrogens is 615 g/mol. The lowest BCUT2D eigenvalue weighted by Gasteiger charge is -2.17. The molecule has 0 radical (unpaired) electrons.